The lowest BCUT2D eigenvalue weighted by atomic mass is 9.83. The van der Waals surface area contributed by atoms with Gasteiger partial charge in [0.05, 0.1) is 0 Å². The maximum atomic E-state index is 5.96. The molecule has 0 aromatic heterocycles. The quantitative estimate of drug-likeness (QED) is 0.781. The average Bonchev–Trinajstić information content (AvgIpc) is 2.28. The second-order valence-corrected chi connectivity index (χ2v) is 6.04. The molecule has 4 atom stereocenters. The molecular weight excluding hydrogens is 196 g/mol. The maximum absolute atomic E-state index is 5.96. The zero-order chi connectivity index (χ0) is 11.5. The zero-order valence-corrected chi connectivity index (χ0v) is 11.0. The molecule has 2 nitrogen and oxygen atoms in total. The molecule has 2 N–H and O–H groups in total. The zero-order valence-electron chi connectivity index (χ0n) is 11.0. The first-order chi connectivity index (χ1) is 7.72. The molecule has 2 aliphatic rings. The molecule has 0 radical (unpaired) electrons. The topological polar surface area (TPSA) is 29.3 Å². The van der Waals surface area contributed by atoms with Gasteiger partial charge < -0.3 is 5.73 Å². The second-order valence-electron chi connectivity index (χ2n) is 6.04. The molecule has 0 amide bonds. The average molecular weight is 224 g/mol. The summed E-state index contributed by atoms with van der Waals surface area (Å²) in [7, 11) is 0. The van der Waals surface area contributed by atoms with E-state index in [0.717, 1.165) is 24.5 Å². The van der Waals surface area contributed by atoms with Crippen molar-refractivity contribution in [2.24, 2.45) is 11.7 Å². The van der Waals surface area contributed by atoms with Gasteiger partial charge in [-0.15, -0.1) is 0 Å². The molecule has 1 aliphatic heterocycles. The Kier molecular flexibility index (Phi) is 4.26. The number of nitrogens with zero attached hydrogens (tertiary/aromatic N) is 1. The molecule has 2 rings (SSSR count). The Morgan fingerprint density at radius 2 is 1.81 bits per heavy atom. The third kappa shape index (κ3) is 2.60. The van der Waals surface area contributed by atoms with Crippen molar-refractivity contribution >= 4 is 0 Å². The molecule has 0 spiro atoms. The molecule has 0 aromatic rings. The van der Waals surface area contributed by atoms with Crippen molar-refractivity contribution in [3.05, 3.63) is 0 Å². The van der Waals surface area contributed by atoms with E-state index in [4.69, 9.17) is 5.73 Å². The Morgan fingerprint density at radius 3 is 2.50 bits per heavy atom. The van der Waals surface area contributed by atoms with Gasteiger partial charge in [0.15, 0.2) is 0 Å². The molecule has 1 saturated carbocycles. The van der Waals surface area contributed by atoms with Crippen LogP contribution in [-0.4, -0.2) is 29.6 Å². The van der Waals surface area contributed by atoms with Crippen molar-refractivity contribution in [2.45, 2.75) is 76.9 Å². The normalized spacial score (nSPS) is 42.2. The SMILES string of the molecule is CC1CCCC(N2C(C)CCCC2CN)C1. The van der Waals surface area contributed by atoms with Gasteiger partial charge in [0.25, 0.3) is 0 Å². The fourth-order valence-electron chi connectivity index (χ4n) is 3.88. The van der Waals surface area contributed by atoms with E-state index in [2.05, 4.69) is 18.7 Å². The lowest BCUT2D eigenvalue weighted by Gasteiger charge is -2.47. The van der Waals surface area contributed by atoms with E-state index in [1.807, 2.05) is 0 Å². The van der Waals surface area contributed by atoms with Crippen molar-refractivity contribution < 1.29 is 0 Å². The number of rotatable bonds is 2. The van der Waals surface area contributed by atoms with E-state index < -0.39 is 0 Å². The molecule has 2 fully saturated rings. The highest BCUT2D eigenvalue weighted by Gasteiger charge is 2.34. The number of hydrogen-bond acceptors (Lipinski definition) is 2. The van der Waals surface area contributed by atoms with Gasteiger partial charge >= 0.3 is 0 Å². The Hall–Kier alpha value is -0.0800. The smallest absolute Gasteiger partial charge is 0.0224 e. The van der Waals surface area contributed by atoms with Gasteiger partial charge in [-0.1, -0.05) is 26.2 Å². The third-order valence-corrected chi connectivity index (χ3v) is 4.69. The summed E-state index contributed by atoms with van der Waals surface area (Å²) in [5, 5.41) is 0. The molecule has 1 heterocycles. The van der Waals surface area contributed by atoms with Crippen LogP contribution in [0.2, 0.25) is 0 Å². The van der Waals surface area contributed by atoms with E-state index in [-0.39, 0.29) is 0 Å². The van der Waals surface area contributed by atoms with Gasteiger partial charge in [-0.2, -0.15) is 0 Å². The van der Waals surface area contributed by atoms with Crippen LogP contribution in [0, 0.1) is 5.92 Å². The first-order valence-corrected chi connectivity index (χ1v) is 7.20. The van der Waals surface area contributed by atoms with E-state index in [0.29, 0.717) is 6.04 Å². The summed E-state index contributed by atoms with van der Waals surface area (Å²) >= 11 is 0. The molecule has 4 unspecified atom stereocenters. The fourth-order valence-corrected chi connectivity index (χ4v) is 3.88. The van der Waals surface area contributed by atoms with Gasteiger partial charge in [-0.05, 0) is 38.5 Å². The number of likely N-dealkylation sites (tertiary alicyclic amines) is 1. The predicted molar refractivity (Wildman–Crippen MR) is 69.4 cm³/mol. The number of hydrogen-bond donors (Lipinski definition) is 1. The van der Waals surface area contributed by atoms with Crippen LogP contribution in [0.3, 0.4) is 0 Å². The van der Waals surface area contributed by atoms with Crippen molar-refractivity contribution in [1.82, 2.24) is 4.90 Å². The van der Waals surface area contributed by atoms with Gasteiger partial charge in [-0.3, -0.25) is 4.90 Å². The minimum Gasteiger partial charge on any atom is -0.329 e. The van der Waals surface area contributed by atoms with Gasteiger partial charge in [0, 0.05) is 24.7 Å². The van der Waals surface area contributed by atoms with Gasteiger partial charge in [0.1, 0.15) is 0 Å². The van der Waals surface area contributed by atoms with Crippen LogP contribution in [0.1, 0.15) is 58.8 Å². The highest BCUT2D eigenvalue weighted by Crippen LogP contribution is 2.33. The molecule has 94 valence electrons. The lowest BCUT2D eigenvalue weighted by molar-refractivity contribution is 0.0239. The molecule has 2 heteroatoms. The summed E-state index contributed by atoms with van der Waals surface area (Å²) < 4.78 is 0. The largest absolute Gasteiger partial charge is 0.329 e. The summed E-state index contributed by atoms with van der Waals surface area (Å²) in [4.78, 5) is 2.78. The van der Waals surface area contributed by atoms with Crippen LogP contribution < -0.4 is 5.73 Å². The van der Waals surface area contributed by atoms with E-state index in [9.17, 15) is 0 Å². The first-order valence-electron chi connectivity index (χ1n) is 7.20. The number of nitrogens with two attached hydrogens (primary N) is 1. The van der Waals surface area contributed by atoms with Crippen molar-refractivity contribution in [3.63, 3.8) is 0 Å². The Morgan fingerprint density at radius 1 is 1.06 bits per heavy atom. The van der Waals surface area contributed by atoms with Crippen molar-refractivity contribution in [2.75, 3.05) is 6.54 Å². The standard InChI is InChI=1S/C14H28N2/c1-11-5-3-7-13(9-11)16-12(2)6-4-8-14(16)10-15/h11-14H,3-10,15H2,1-2H3. The molecule has 16 heavy (non-hydrogen) atoms. The van der Waals surface area contributed by atoms with Crippen molar-refractivity contribution in [3.8, 4) is 0 Å². The highest BCUT2D eigenvalue weighted by molar-refractivity contribution is 4.90. The minimum atomic E-state index is 0.666. The second kappa shape index (κ2) is 5.50. The highest BCUT2D eigenvalue weighted by atomic mass is 15.2. The van der Waals surface area contributed by atoms with E-state index >= 15 is 0 Å². The molecule has 0 aromatic carbocycles. The van der Waals surface area contributed by atoms with Crippen LogP contribution in [0.25, 0.3) is 0 Å². The van der Waals surface area contributed by atoms with Crippen LogP contribution in [0.4, 0.5) is 0 Å². The Labute approximate surface area is 101 Å². The van der Waals surface area contributed by atoms with Gasteiger partial charge in [-0.25, -0.2) is 0 Å². The number of piperidine rings is 1. The fraction of sp³-hybridized carbons (Fsp3) is 1.00. The monoisotopic (exact) mass is 224 g/mol. The molecule has 1 aliphatic carbocycles. The van der Waals surface area contributed by atoms with Crippen LogP contribution >= 0.6 is 0 Å². The summed E-state index contributed by atoms with van der Waals surface area (Å²) in [5.41, 5.74) is 5.96. The van der Waals surface area contributed by atoms with Crippen LogP contribution in [0.15, 0.2) is 0 Å². The van der Waals surface area contributed by atoms with Crippen molar-refractivity contribution in [1.29, 1.82) is 0 Å². The van der Waals surface area contributed by atoms with E-state index in [1.54, 1.807) is 0 Å². The third-order valence-electron chi connectivity index (χ3n) is 4.69. The van der Waals surface area contributed by atoms with E-state index in [1.165, 1.54) is 44.9 Å². The minimum absolute atomic E-state index is 0.666. The summed E-state index contributed by atoms with van der Waals surface area (Å²) in [6, 6.07) is 2.25. The van der Waals surface area contributed by atoms with Crippen LogP contribution in [0.5, 0.6) is 0 Å². The molecular formula is C14H28N2. The Bertz CT molecular complexity index is 217. The lowest BCUT2D eigenvalue weighted by Crippen LogP contribution is -2.54. The summed E-state index contributed by atoms with van der Waals surface area (Å²) in [6.45, 7) is 5.68. The predicted octanol–water partition coefficient (Wildman–Crippen LogP) is 2.77. The molecule has 1 saturated heterocycles. The summed E-state index contributed by atoms with van der Waals surface area (Å²) in [6.07, 6.45) is 9.75. The van der Waals surface area contributed by atoms with Gasteiger partial charge in [0.2, 0.25) is 0 Å². The first kappa shape index (κ1) is 12.4. The maximum Gasteiger partial charge on any atom is 0.0224 e. The van der Waals surface area contributed by atoms with Crippen LogP contribution in [-0.2, 0) is 0 Å². The summed E-state index contributed by atoms with van der Waals surface area (Å²) in [5.74, 6) is 0.923. The Balaban J connectivity index is 2.02. The molecule has 0 bridgehead atoms.